The number of nitrogens with zero attached hydrogens (tertiary/aromatic N) is 3. The van der Waals surface area contributed by atoms with E-state index in [1.807, 2.05) is 13.0 Å². The first kappa shape index (κ1) is 17.8. The largest absolute Gasteiger partial charge is 0.370 e. The summed E-state index contributed by atoms with van der Waals surface area (Å²) in [5.41, 5.74) is 1.60. The smallest absolute Gasteiger partial charge is 0.229 e. The minimum absolute atomic E-state index is 0.504. The summed E-state index contributed by atoms with van der Waals surface area (Å²) in [6.07, 6.45) is 1.04. The number of benzene rings is 1. The molecule has 0 fully saturated rings. The SMILES string of the molecule is Cc1cc(NCCCN(C)C)nc(Nc2ccc(Cl)cc2Cl)n1. The third-order valence-electron chi connectivity index (χ3n) is 3.12. The van der Waals surface area contributed by atoms with Gasteiger partial charge in [-0.25, -0.2) is 4.98 Å². The summed E-state index contributed by atoms with van der Waals surface area (Å²) in [5.74, 6) is 1.30. The molecular formula is C16H21Cl2N5. The number of rotatable bonds is 7. The second kappa shape index (κ2) is 8.34. The van der Waals surface area contributed by atoms with Crippen LogP contribution in [0.25, 0.3) is 0 Å². The van der Waals surface area contributed by atoms with Crippen molar-refractivity contribution in [1.29, 1.82) is 0 Å². The van der Waals surface area contributed by atoms with Gasteiger partial charge in [-0.05, 0) is 52.2 Å². The Bertz CT molecular complexity index is 661. The van der Waals surface area contributed by atoms with Crippen molar-refractivity contribution in [3.8, 4) is 0 Å². The zero-order valence-corrected chi connectivity index (χ0v) is 15.0. The van der Waals surface area contributed by atoms with Gasteiger partial charge >= 0.3 is 0 Å². The second-order valence-electron chi connectivity index (χ2n) is 5.55. The zero-order valence-electron chi connectivity index (χ0n) is 13.5. The molecule has 5 nitrogen and oxygen atoms in total. The summed E-state index contributed by atoms with van der Waals surface area (Å²) in [7, 11) is 4.12. The molecule has 7 heteroatoms. The van der Waals surface area contributed by atoms with Crippen LogP contribution >= 0.6 is 23.2 Å². The first-order valence-electron chi connectivity index (χ1n) is 7.40. The van der Waals surface area contributed by atoms with Gasteiger partial charge in [0.15, 0.2) is 0 Å². The quantitative estimate of drug-likeness (QED) is 0.730. The topological polar surface area (TPSA) is 53.1 Å². The predicted molar refractivity (Wildman–Crippen MR) is 98.2 cm³/mol. The molecule has 0 aliphatic carbocycles. The zero-order chi connectivity index (χ0) is 16.8. The van der Waals surface area contributed by atoms with Gasteiger partial charge in [-0.1, -0.05) is 23.2 Å². The summed E-state index contributed by atoms with van der Waals surface area (Å²) in [4.78, 5) is 11.0. The lowest BCUT2D eigenvalue weighted by Crippen LogP contribution is -2.16. The van der Waals surface area contributed by atoms with Gasteiger partial charge in [0.25, 0.3) is 0 Å². The molecule has 23 heavy (non-hydrogen) atoms. The highest BCUT2D eigenvalue weighted by Gasteiger charge is 2.06. The van der Waals surface area contributed by atoms with E-state index in [-0.39, 0.29) is 0 Å². The highest BCUT2D eigenvalue weighted by Crippen LogP contribution is 2.27. The lowest BCUT2D eigenvalue weighted by molar-refractivity contribution is 0.405. The Labute approximate surface area is 147 Å². The average Bonchev–Trinajstić information content (AvgIpc) is 2.46. The number of hydrogen-bond acceptors (Lipinski definition) is 5. The van der Waals surface area contributed by atoms with Crippen LogP contribution in [0.15, 0.2) is 24.3 Å². The van der Waals surface area contributed by atoms with Crippen LogP contribution in [0, 0.1) is 6.92 Å². The summed E-state index contributed by atoms with van der Waals surface area (Å²) in [6, 6.07) is 7.18. The maximum atomic E-state index is 6.17. The van der Waals surface area contributed by atoms with E-state index in [4.69, 9.17) is 23.2 Å². The predicted octanol–water partition coefficient (Wildman–Crippen LogP) is 4.20. The van der Waals surface area contributed by atoms with E-state index in [1.54, 1.807) is 18.2 Å². The molecule has 1 aromatic carbocycles. The summed E-state index contributed by atoms with van der Waals surface area (Å²) in [5, 5.41) is 7.57. The highest BCUT2D eigenvalue weighted by molar-refractivity contribution is 6.36. The Morgan fingerprint density at radius 3 is 2.61 bits per heavy atom. The Balaban J connectivity index is 2.04. The van der Waals surface area contributed by atoms with Crippen LogP contribution in [-0.4, -0.2) is 42.1 Å². The van der Waals surface area contributed by atoms with E-state index in [9.17, 15) is 0 Å². The first-order chi connectivity index (χ1) is 10.9. The number of hydrogen-bond donors (Lipinski definition) is 2. The Kier molecular flexibility index (Phi) is 6.45. The molecule has 1 aromatic heterocycles. The standard InChI is InChI=1S/C16H21Cl2N5/c1-11-9-15(19-7-4-8-23(2)3)22-16(20-11)21-14-6-5-12(17)10-13(14)18/h5-6,9-10H,4,7-8H2,1-3H3,(H2,19,20,21,22). The molecule has 2 aromatic rings. The van der Waals surface area contributed by atoms with Crippen molar-refractivity contribution >= 4 is 40.7 Å². The molecule has 0 atom stereocenters. The average molecular weight is 354 g/mol. The fourth-order valence-corrected chi connectivity index (χ4v) is 2.49. The molecule has 2 N–H and O–H groups in total. The van der Waals surface area contributed by atoms with Crippen LogP contribution in [0.2, 0.25) is 10.0 Å². The fraction of sp³-hybridized carbons (Fsp3) is 0.375. The maximum absolute atomic E-state index is 6.17. The van der Waals surface area contributed by atoms with Gasteiger partial charge in [-0.3, -0.25) is 0 Å². The monoisotopic (exact) mass is 353 g/mol. The van der Waals surface area contributed by atoms with Gasteiger partial charge in [0.1, 0.15) is 5.82 Å². The Morgan fingerprint density at radius 2 is 1.91 bits per heavy atom. The second-order valence-corrected chi connectivity index (χ2v) is 6.39. The minimum Gasteiger partial charge on any atom is -0.370 e. The number of aromatic nitrogens is 2. The summed E-state index contributed by atoms with van der Waals surface area (Å²) >= 11 is 12.1. The van der Waals surface area contributed by atoms with Crippen molar-refractivity contribution in [2.45, 2.75) is 13.3 Å². The molecular weight excluding hydrogens is 333 g/mol. The molecule has 1 heterocycles. The van der Waals surface area contributed by atoms with Gasteiger partial charge in [0, 0.05) is 23.3 Å². The lowest BCUT2D eigenvalue weighted by Gasteiger charge is -2.12. The van der Waals surface area contributed by atoms with E-state index in [2.05, 4.69) is 39.6 Å². The van der Waals surface area contributed by atoms with E-state index in [1.165, 1.54) is 0 Å². The third-order valence-corrected chi connectivity index (χ3v) is 3.67. The summed E-state index contributed by atoms with van der Waals surface area (Å²) < 4.78 is 0. The lowest BCUT2D eigenvalue weighted by atomic mass is 10.3. The maximum Gasteiger partial charge on any atom is 0.229 e. The molecule has 0 saturated carbocycles. The number of aryl methyl sites for hydroxylation is 1. The van der Waals surface area contributed by atoms with Crippen LogP contribution in [0.1, 0.15) is 12.1 Å². The van der Waals surface area contributed by atoms with Crippen LogP contribution < -0.4 is 10.6 Å². The van der Waals surface area contributed by atoms with Crippen molar-refractivity contribution in [2.24, 2.45) is 0 Å². The normalized spacial score (nSPS) is 10.9. The molecule has 124 valence electrons. The fourth-order valence-electron chi connectivity index (χ4n) is 2.04. The van der Waals surface area contributed by atoms with Crippen LogP contribution in [0.5, 0.6) is 0 Å². The van der Waals surface area contributed by atoms with Crippen molar-refractivity contribution in [3.63, 3.8) is 0 Å². The number of halogens is 2. The van der Waals surface area contributed by atoms with Crippen molar-refractivity contribution in [2.75, 3.05) is 37.8 Å². The molecule has 0 bridgehead atoms. The van der Waals surface area contributed by atoms with Gasteiger partial charge in [0.2, 0.25) is 5.95 Å². The first-order valence-corrected chi connectivity index (χ1v) is 8.16. The highest BCUT2D eigenvalue weighted by atomic mass is 35.5. The molecule has 0 aliphatic heterocycles. The van der Waals surface area contributed by atoms with E-state index < -0.39 is 0 Å². The van der Waals surface area contributed by atoms with E-state index in [0.717, 1.165) is 36.7 Å². The van der Waals surface area contributed by atoms with Gasteiger partial charge in [-0.2, -0.15) is 4.98 Å². The van der Waals surface area contributed by atoms with Crippen molar-refractivity contribution in [3.05, 3.63) is 40.0 Å². The molecule has 0 aliphatic rings. The van der Waals surface area contributed by atoms with Crippen LogP contribution in [-0.2, 0) is 0 Å². The number of nitrogens with one attached hydrogen (secondary N) is 2. The van der Waals surface area contributed by atoms with E-state index >= 15 is 0 Å². The van der Waals surface area contributed by atoms with Crippen LogP contribution in [0.3, 0.4) is 0 Å². The van der Waals surface area contributed by atoms with Crippen molar-refractivity contribution in [1.82, 2.24) is 14.9 Å². The molecule has 0 unspecified atom stereocenters. The molecule has 2 rings (SSSR count). The van der Waals surface area contributed by atoms with Gasteiger partial charge in [0.05, 0.1) is 10.7 Å². The Hall–Kier alpha value is -1.56. The Morgan fingerprint density at radius 1 is 1.13 bits per heavy atom. The molecule has 0 amide bonds. The number of anilines is 3. The van der Waals surface area contributed by atoms with Crippen LogP contribution in [0.4, 0.5) is 17.5 Å². The van der Waals surface area contributed by atoms with E-state index in [0.29, 0.717) is 16.0 Å². The van der Waals surface area contributed by atoms with Gasteiger partial charge in [-0.15, -0.1) is 0 Å². The summed E-state index contributed by atoms with van der Waals surface area (Å²) in [6.45, 7) is 3.82. The van der Waals surface area contributed by atoms with Crippen molar-refractivity contribution < 1.29 is 0 Å². The molecule has 0 saturated heterocycles. The molecule has 0 radical (unpaired) electrons. The van der Waals surface area contributed by atoms with Gasteiger partial charge < -0.3 is 15.5 Å². The third kappa shape index (κ3) is 5.86. The minimum atomic E-state index is 0.504. The molecule has 0 spiro atoms.